The Morgan fingerprint density at radius 1 is 1.62 bits per heavy atom. The summed E-state index contributed by atoms with van der Waals surface area (Å²) in [5.41, 5.74) is 0.759. The third-order valence-corrected chi connectivity index (χ3v) is 3.41. The van der Waals surface area contributed by atoms with Crippen LogP contribution in [0, 0.1) is 6.92 Å². The molecule has 0 amide bonds. The zero-order chi connectivity index (χ0) is 12.3. The number of aryl methyl sites for hydroxylation is 2. The van der Waals surface area contributed by atoms with Gasteiger partial charge in [-0.3, -0.25) is 0 Å². The first-order valence-corrected chi connectivity index (χ1v) is 6.53. The smallest absolute Gasteiger partial charge is 0.259 e. The number of aromatic nitrogens is 2. The summed E-state index contributed by atoms with van der Waals surface area (Å²) in [6.07, 6.45) is 1.54. The molecule has 5 nitrogen and oxygen atoms in total. The molecule has 6 heteroatoms. The molecule has 0 fully saturated rings. The van der Waals surface area contributed by atoms with Crippen molar-refractivity contribution in [3.8, 4) is 0 Å². The summed E-state index contributed by atoms with van der Waals surface area (Å²) in [7, 11) is -3.51. The molecule has 1 N–H and O–H groups in total. The summed E-state index contributed by atoms with van der Waals surface area (Å²) in [6.45, 7) is 10.1. The van der Waals surface area contributed by atoms with Crippen molar-refractivity contribution in [3.05, 3.63) is 24.2 Å². The van der Waals surface area contributed by atoms with Crippen LogP contribution in [0.1, 0.15) is 19.7 Å². The van der Waals surface area contributed by atoms with Crippen LogP contribution >= 0.6 is 0 Å². The Balaban J connectivity index is 2.94. The third-order valence-electron chi connectivity index (χ3n) is 2.13. The molecule has 0 aliphatic carbocycles. The molecule has 0 spiro atoms. The van der Waals surface area contributed by atoms with Gasteiger partial charge in [-0.1, -0.05) is 12.2 Å². The number of nitrogens with zero attached hydrogens (tertiary/aromatic N) is 2. The normalized spacial score (nSPS) is 11.7. The van der Waals surface area contributed by atoms with Crippen molar-refractivity contribution in [2.24, 2.45) is 0 Å². The molecule has 0 aromatic carbocycles. The Labute approximate surface area is 96.2 Å². The Morgan fingerprint density at radius 3 is 2.69 bits per heavy atom. The highest BCUT2D eigenvalue weighted by atomic mass is 32.2. The number of hydrogen-bond acceptors (Lipinski definition) is 3. The zero-order valence-corrected chi connectivity index (χ0v) is 10.6. The van der Waals surface area contributed by atoms with Crippen LogP contribution in [-0.2, 0) is 16.6 Å². The van der Waals surface area contributed by atoms with Crippen molar-refractivity contribution in [3.63, 3.8) is 0 Å². The van der Waals surface area contributed by atoms with Crippen molar-refractivity contribution in [2.45, 2.75) is 32.3 Å². The van der Waals surface area contributed by atoms with Crippen LogP contribution in [0.25, 0.3) is 0 Å². The summed E-state index contributed by atoms with van der Waals surface area (Å²) in [5.74, 6) is 0.693. The number of sulfonamides is 1. The van der Waals surface area contributed by atoms with E-state index in [-0.39, 0.29) is 11.6 Å². The first-order valence-electron chi connectivity index (χ1n) is 5.04. The fourth-order valence-corrected chi connectivity index (χ4v) is 2.32. The standard InChI is InChI=1S/C10H17N3O2S/c1-5-13-7-10(12-9(13)4)16(14,15)11-6-8(2)3/h7,11H,2,5-6H2,1,3-4H3. The second-order valence-electron chi connectivity index (χ2n) is 3.69. The molecule has 0 saturated carbocycles. The maximum atomic E-state index is 11.8. The fourth-order valence-electron chi connectivity index (χ4n) is 1.22. The summed E-state index contributed by atoms with van der Waals surface area (Å²) in [4.78, 5) is 4.01. The zero-order valence-electron chi connectivity index (χ0n) is 9.82. The second kappa shape index (κ2) is 4.80. The Hall–Kier alpha value is -1.14. The van der Waals surface area contributed by atoms with E-state index in [1.807, 2.05) is 6.92 Å². The molecule has 16 heavy (non-hydrogen) atoms. The lowest BCUT2D eigenvalue weighted by molar-refractivity contribution is 0.581. The molecule has 0 atom stereocenters. The van der Waals surface area contributed by atoms with E-state index in [0.29, 0.717) is 12.4 Å². The highest BCUT2D eigenvalue weighted by molar-refractivity contribution is 7.89. The molecule has 1 aromatic heterocycles. The molecule has 0 saturated heterocycles. The Bertz CT molecular complexity index is 488. The molecular formula is C10H17N3O2S. The highest BCUT2D eigenvalue weighted by Crippen LogP contribution is 2.08. The van der Waals surface area contributed by atoms with E-state index < -0.39 is 10.0 Å². The molecule has 1 aromatic rings. The quantitative estimate of drug-likeness (QED) is 0.787. The van der Waals surface area contributed by atoms with Crippen LogP contribution in [0.5, 0.6) is 0 Å². The van der Waals surface area contributed by atoms with Crippen LogP contribution in [0.15, 0.2) is 23.4 Å². The van der Waals surface area contributed by atoms with Crippen molar-refractivity contribution in [1.82, 2.24) is 14.3 Å². The first kappa shape index (κ1) is 12.9. The highest BCUT2D eigenvalue weighted by Gasteiger charge is 2.18. The molecule has 90 valence electrons. The van der Waals surface area contributed by atoms with Gasteiger partial charge in [0.25, 0.3) is 10.0 Å². The first-order chi connectivity index (χ1) is 7.36. The van der Waals surface area contributed by atoms with Crippen molar-refractivity contribution in [2.75, 3.05) is 6.54 Å². The van der Waals surface area contributed by atoms with Crippen LogP contribution in [0.3, 0.4) is 0 Å². The van der Waals surface area contributed by atoms with Gasteiger partial charge in [0, 0.05) is 19.3 Å². The molecule has 0 unspecified atom stereocenters. The Kier molecular flexibility index (Phi) is 3.88. The van der Waals surface area contributed by atoms with E-state index in [4.69, 9.17) is 0 Å². The van der Waals surface area contributed by atoms with Gasteiger partial charge in [0.05, 0.1) is 0 Å². The topological polar surface area (TPSA) is 64.0 Å². The van der Waals surface area contributed by atoms with Crippen LogP contribution in [-0.4, -0.2) is 24.5 Å². The van der Waals surface area contributed by atoms with Crippen LogP contribution in [0.4, 0.5) is 0 Å². The van der Waals surface area contributed by atoms with Gasteiger partial charge in [-0.25, -0.2) is 18.1 Å². The monoisotopic (exact) mass is 243 g/mol. The summed E-state index contributed by atoms with van der Waals surface area (Å²) >= 11 is 0. The van der Waals surface area contributed by atoms with Gasteiger partial charge >= 0.3 is 0 Å². The van der Waals surface area contributed by atoms with Crippen molar-refractivity contribution < 1.29 is 8.42 Å². The molecular weight excluding hydrogens is 226 g/mol. The van der Waals surface area contributed by atoms with Crippen LogP contribution in [0.2, 0.25) is 0 Å². The lowest BCUT2D eigenvalue weighted by Gasteiger charge is -2.02. The molecule has 0 aliphatic heterocycles. The van der Waals surface area contributed by atoms with Gasteiger partial charge in [-0.15, -0.1) is 0 Å². The summed E-state index contributed by atoms with van der Waals surface area (Å²) in [6, 6.07) is 0. The minimum Gasteiger partial charge on any atom is -0.334 e. The predicted octanol–water partition coefficient (Wildman–Crippen LogP) is 1.07. The lowest BCUT2D eigenvalue weighted by Crippen LogP contribution is -2.25. The average Bonchev–Trinajstić information content (AvgIpc) is 2.57. The fraction of sp³-hybridized carbons (Fsp3) is 0.500. The van der Waals surface area contributed by atoms with Gasteiger partial charge in [-0.2, -0.15) is 0 Å². The molecule has 0 radical (unpaired) electrons. The SMILES string of the molecule is C=C(C)CNS(=O)(=O)c1cn(CC)c(C)n1. The van der Waals surface area contributed by atoms with Gasteiger partial charge < -0.3 is 4.57 Å². The maximum absolute atomic E-state index is 11.8. The minimum absolute atomic E-state index is 0.0631. The van der Waals surface area contributed by atoms with Gasteiger partial charge in [0.15, 0.2) is 5.03 Å². The minimum atomic E-state index is -3.51. The van der Waals surface area contributed by atoms with E-state index in [0.717, 1.165) is 5.57 Å². The number of nitrogens with one attached hydrogen (secondary N) is 1. The largest absolute Gasteiger partial charge is 0.334 e. The molecule has 1 heterocycles. The number of hydrogen-bond donors (Lipinski definition) is 1. The van der Waals surface area contributed by atoms with Gasteiger partial charge in [0.1, 0.15) is 5.82 Å². The van der Waals surface area contributed by atoms with E-state index in [1.165, 1.54) is 6.20 Å². The molecule has 1 rings (SSSR count). The van der Waals surface area contributed by atoms with Crippen molar-refractivity contribution in [1.29, 1.82) is 0 Å². The average molecular weight is 243 g/mol. The van der Waals surface area contributed by atoms with E-state index in [1.54, 1.807) is 18.4 Å². The van der Waals surface area contributed by atoms with E-state index in [2.05, 4.69) is 16.3 Å². The van der Waals surface area contributed by atoms with Gasteiger partial charge in [0.2, 0.25) is 0 Å². The summed E-state index contributed by atoms with van der Waals surface area (Å²) in [5, 5.41) is 0.0631. The van der Waals surface area contributed by atoms with E-state index in [9.17, 15) is 8.42 Å². The number of rotatable bonds is 5. The maximum Gasteiger partial charge on any atom is 0.259 e. The lowest BCUT2D eigenvalue weighted by atomic mass is 10.4. The predicted molar refractivity (Wildman–Crippen MR) is 62.6 cm³/mol. The molecule has 0 aliphatic rings. The van der Waals surface area contributed by atoms with Crippen LogP contribution < -0.4 is 4.72 Å². The molecule has 0 bridgehead atoms. The summed E-state index contributed by atoms with van der Waals surface area (Å²) < 4.78 is 27.8. The van der Waals surface area contributed by atoms with Crippen molar-refractivity contribution >= 4 is 10.0 Å². The third kappa shape index (κ3) is 2.93. The Morgan fingerprint density at radius 2 is 2.25 bits per heavy atom. The van der Waals surface area contributed by atoms with Gasteiger partial charge in [-0.05, 0) is 20.8 Å². The second-order valence-corrected chi connectivity index (χ2v) is 5.41. The van der Waals surface area contributed by atoms with E-state index >= 15 is 0 Å². The number of imidazole rings is 1.